The summed E-state index contributed by atoms with van der Waals surface area (Å²) in [6.07, 6.45) is 0. The van der Waals surface area contributed by atoms with E-state index in [1.54, 1.807) is 0 Å². The molecule has 1 N–H and O–H groups in total. The van der Waals surface area contributed by atoms with Crippen molar-refractivity contribution in [3.05, 3.63) is 0 Å². The number of aliphatic hydroxyl groups excluding tert-OH is 1. The number of carbonyl (C=O) groups excluding carboxylic acids is 1. The molecular weight excluding hydrogens is 127 g/mol. The molecule has 0 radical (unpaired) electrons. The van der Waals surface area contributed by atoms with Gasteiger partial charge in [-0.05, 0) is 0 Å². The van der Waals surface area contributed by atoms with Gasteiger partial charge in [-0.15, -0.1) is 12.6 Å². The first-order valence-corrected chi connectivity index (χ1v) is 1.54. The van der Waals surface area contributed by atoms with E-state index >= 15 is 0 Å². The summed E-state index contributed by atoms with van der Waals surface area (Å²) < 4.78 is 0. The maximum atomic E-state index is 9.43. The summed E-state index contributed by atoms with van der Waals surface area (Å²) in [6.45, 7) is -0.469. The summed E-state index contributed by atoms with van der Waals surface area (Å²) in [5.41, 5.74) is 0. The van der Waals surface area contributed by atoms with Gasteiger partial charge in [-0.2, -0.15) is 0 Å². The first-order chi connectivity index (χ1) is 2.27. The van der Waals surface area contributed by atoms with Crippen LogP contribution in [0.15, 0.2) is 0 Å². The molecule has 0 aromatic carbocycles. The van der Waals surface area contributed by atoms with E-state index in [1.807, 2.05) is 0 Å². The quantitative estimate of drug-likeness (QED) is 0.288. The second-order valence-electron chi connectivity index (χ2n) is 0.552. The van der Waals surface area contributed by atoms with Crippen LogP contribution in [-0.4, -0.2) is 16.8 Å². The first kappa shape index (κ1) is 10.6. The van der Waals surface area contributed by atoms with Crippen LogP contribution in [0.5, 0.6) is 0 Å². The summed E-state index contributed by atoms with van der Waals surface area (Å²) in [7, 11) is 0. The van der Waals surface area contributed by atoms with Gasteiger partial charge in [0.25, 0.3) is 0 Å². The molecule has 0 aliphatic heterocycles. The smallest absolute Gasteiger partial charge is 1.00 e. The topological polar surface area (TPSA) is 37.3 Å². The number of hydrogen-bond donors (Lipinski definition) is 2. The molecule has 0 saturated carbocycles. The largest absolute Gasteiger partial charge is 1.00 e. The Morgan fingerprint density at radius 3 is 2.17 bits per heavy atom. The van der Waals surface area contributed by atoms with Gasteiger partial charge < -0.3 is 6.53 Å². The third-order valence-corrected chi connectivity index (χ3v) is 0.277. The van der Waals surface area contributed by atoms with E-state index in [1.165, 1.54) is 0 Å². The molecule has 0 aliphatic carbocycles. The Morgan fingerprint density at radius 2 is 2.17 bits per heavy atom. The Hall–Kier alpha value is 1.62. The molecule has 6 heavy (non-hydrogen) atoms. The van der Waals surface area contributed by atoms with E-state index in [0.717, 1.165) is 0 Å². The van der Waals surface area contributed by atoms with Crippen LogP contribution in [-0.2, 0) is 4.79 Å². The zero-order valence-electron chi connectivity index (χ0n) is 4.51. The van der Waals surface area contributed by atoms with Crippen molar-refractivity contribution in [2.24, 2.45) is 0 Å². The van der Waals surface area contributed by atoms with Gasteiger partial charge >= 0.3 is 51.4 Å². The molecule has 0 aromatic heterocycles. The first-order valence-electron chi connectivity index (χ1n) is 1.10. The molecule has 2 nitrogen and oxygen atoms in total. The predicted octanol–water partition coefficient (Wildman–Crippen LogP) is -3.45. The van der Waals surface area contributed by atoms with Gasteiger partial charge in [-0.3, -0.25) is 4.79 Å². The number of carbonyl (C=O) groups is 1. The Balaban J connectivity index is -0.0000000800. The van der Waals surface area contributed by atoms with Gasteiger partial charge in [0.05, 0.1) is 0 Å². The number of aliphatic hydroxyl groups is 1. The molecule has 0 aliphatic rings. The van der Waals surface area contributed by atoms with Crippen LogP contribution >= 0.6 is 12.6 Å². The molecule has 32 valence electrons. The van der Waals surface area contributed by atoms with E-state index in [0.29, 0.717) is 0 Å². The van der Waals surface area contributed by atoms with Gasteiger partial charge in [0, 0.05) is 0 Å². The molecule has 0 amide bonds. The van der Waals surface area contributed by atoms with Crippen LogP contribution in [0.25, 0.3) is 0 Å². The van der Waals surface area contributed by atoms with Crippen LogP contribution in [0, 0.1) is 0 Å². The zero-order valence-corrected chi connectivity index (χ0v) is 7.53. The normalized spacial score (nSPS) is 6.33. The van der Waals surface area contributed by atoms with E-state index in [9.17, 15) is 4.79 Å². The fourth-order valence-corrected chi connectivity index (χ4v) is 0. The number of rotatable bonds is 1. The van der Waals surface area contributed by atoms with Crippen LogP contribution in [0.4, 0.5) is 0 Å². The minimum Gasteiger partial charge on any atom is -1.00 e. The van der Waals surface area contributed by atoms with Crippen molar-refractivity contribution in [3.8, 4) is 0 Å². The summed E-state index contributed by atoms with van der Waals surface area (Å²) in [4.78, 5) is 9.43. The fraction of sp³-hybridized carbons (Fsp3) is 0.500. The Kier molecular flexibility index (Phi) is 11.7. The standard InChI is InChI=1S/C2H4O2S.K.H/c3-1-2(4)5;;/h3H,1H2,(H,4,5);;/q;+1;-1. The van der Waals surface area contributed by atoms with Crippen molar-refractivity contribution in [3.63, 3.8) is 0 Å². The Labute approximate surface area is 85.6 Å². The molecular formula is C2H5KO2S. The fourth-order valence-electron chi connectivity index (χ4n) is 0. The third kappa shape index (κ3) is 9.15. The van der Waals surface area contributed by atoms with E-state index in [2.05, 4.69) is 12.6 Å². The van der Waals surface area contributed by atoms with Crippen molar-refractivity contribution in [2.75, 3.05) is 6.61 Å². The maximum Gasteiger partial charge on any atom is 1.00 e. The van der Waals surface area contributed by atoms with Crippen molar-refractivity contribution >= 4 is 17.7 Å². The van der Waals surface area contributed by atoms with Crippen LogP contribution in [0.2, 0.25) is 0 Å². The van der Waals surface area contributed by atoms with Gasteiger partial charge in [-0.25, -0.2) is 0 Å². The summed E-state index contributed by atoms with van der Waals surface area (Å²) >= 11 is 3.21. The monoisotopic (exact) mass is 132 g/mol. The van der Waals surface area contributed by atoms with Gasteiger partial charge in [0.1, 0.15) is 6.61 Å². The van der Waals surface area contributed by atoms with E-state index < -0.39 is 11.7 Å². The Morgan fingerprint density at radius 1 is 2.00 bits per heavy atom. The van der Waals surface area contributed by atoms with Crippen LogP contribution < -0.4 is 51.4 Å². The van der Waals surface area contributed by atoms with Crippen molar-refractivity contribution in [2.45, 2.75) is 0 Å². The molecule has 0 fully saturated rings. The van der Waals surface area contributed by atoms with Crippen molar-refractivity contribution in [1.29, 1.82) is 0 Å². The molecule has 0 bridgehead atoms. The molecule has 0 spiro atoms. The van der Waals surface area contributed by atoms with Gasteiger partial charge in [0.15, 0.2) is 0 Å². The molecule has 0 saturated heterocycles. The number of hydrogen-bond acceptors (Lipinski definition) is 2. The molecule has 0 rings (SSSR count). The molecule has 4 heteroatoms. The summed E-state index contributed by atoms with van der Waals surface area (Å²) in [5, 5.41) is 7.22. The Bertz CT molecular complexity index is 51.0. The molecule has 0 aromatic rings. The molecule has 0 heterocycles. The second kappa shape index (κ2) is 6.62. The summed E-state index contributed by atoms with van der Waals surface area (Å²) in [5.74, 6) is 0. The van der Waals surface area contributed by atoms with Crippen molar-refractivity contribution in [1.82, 2.24) is 0 Å². The minimum absolute atomic E-state index is 0. The average molecular weight is 132 g/mol. The van der Waals surface area contributed by atoms with Crippen molar-refractivity contribution < 1.29 is 62.7 Å². The van der Waals surface area contributed by atoms with Gasteiger partial charge in [0.2, 0.25) is 5.12 Å². The maximum absolute atomic E-state index is 9.43. The van der Waals surface area contributed by atoms with Crippen LogP contribution in [0.3, 0.4) is 0 Å². The zero-order chi connectivity index (χ0) is 4.28. The van der Waals surface area contributed by atoms with Crippen LogP contribution in [0.1, 0.15) is 1.43 Å². The average Bonchev–Trinajstić information content (AvgIpc) is 1.38. The molecule has 0 unspecified atom stereocenters. The summed E-state index contributed by atoms with van der Waals surface area (Å²) in [6, 6.07) is 0. The minimum atomic E-state index is -0.495. The number of thiol groups is 1. The molecule has 0 atom stereocenters. The third-order valence-electron chi connectivity index (χ3n) is 0.135. The predicted molar refractivity (Wildman–Crippen MR) is 22.2 cm³/mol. The van der Waals surface area contributed by atoms with Gasteiger partial charge in [-0.1, -0.05) is 0 Å². The van der Waals surface area contributed by atoms with E-state index in [-0.39, 0.29) is 52.8 Å². The van der Waals surface area contributed by atoms with E-state index in [4.69, 9.17) is 5.11 Å². The SMILES string of the molecule is O=C(S)CO.[H-].[K+]. The second-order valence-corrected chi connectivity index (χ2v) is 1.05.